The lowest BCUT2D eigenvalue weighted by atomic mass is 9.86. The van der Waals surface area contributed by atoms with Crippen LogP contribution in [0.15, 0.2) is 103 Å². The molecule has 0 aliphatic carbocycles. The maximum Gasteiger partial charge on any atom is 0.319 e. The largest absolute Gasteiger partial charge is 0.481 e. The van der Waals surface area contributed by atoms with Crippen molar-refractivity contribution in [1.29, 1.82) is 0 Å². The van der Waals surface area contributed by atoms with E-state index in [1.165, 1.54) is 0 Å². The van der Waals surface area contributed by atoms with Gasteiger partial charge in [0.1, 0.15) is 0 Å². The first-order valence-electron chi connectivity index (χ1n) is 13.6. The Morgan fingerprint density at radius 1 is 0.756 bits per heavy atom. The number of carbonyl (C=O) groups is 3. The SMILES string of the molecule is O=C(O)CC1c2ccccc2C(=O)N(CCNCc2ccc(NC(=O)NCc3ccccc3)cc2)c2ccccc21. The molecule has 0 saturated carbocycles. The number of carbonyl (C=O) groups excluding carboxylic acids is 2. The van der Waals surface area contributed by atoms with Gasteiger partial charge in [0.25, 0.3) is 5.91 Å². The number of nitrogens with one attached hydrogen (secondary N) is 3. The number of benzene rings is 4. The number of carboxylic acids is 1. The molecule has 1 aliphatic rings. The summed E-state index contributed by atoms with van der Waals surface area (Å²) in [6.07, 6.45) is -0.0903. The van der Waals surface area contributed by atoms with Crippen LogP contribution >= 0.6 is 0 Å². The number of carboxylic acid groups (broad SMARTS) is 1. The summed E-state index contributed by atoms with van der Waals surface area (Å²) >= 11 is 0. The van der Waals surface area contributed by atoms with E-state index in [2.05, 4.69) is 16.0 Å². The lowest BCUT2D eigenvalue weighted by Crippen LogP contribution is -2.37. The van der Waals surface area contributed by atoms with Crippen molar-refractivity contribution in [1.82, 2.24) is 10.6 Å². The normalized spacial score (nSPS) is 14.0. The van der Waals surface area contributed by atoms with Crippen LogP contribution in [0.2, 0.25) is 0 Å². The first-order chi connectivity index (χ1) is 20.0. The summed E-state index contributed by atoms with van der Waals surface area (Å²) in [5.41, 5.74) is 5.61. The van der Waals surface area contributed by atoms with Crippen LogP contribution in [-0.4, -0.2) is 36.1 Å². The predicted octanol–water partition coefficient (Wildman–Crippen LogP) is 5.36. The Labute approximate surface area is 239 Å². The quantitative estimate of drug-likeness (QED) is 0.199. The third-order valence-electron chi connectivity index (χ3n) is 7.14. The lowest BCUT2D eigenvalue weighted by Gasteiger charge is -2.24. The van der Waals surface area contributed by atoms with Crippen molar-refractivity contribution in [2.45, 2.75) is 25.4 Å². The van der Waals surface area contributed by atoms with Crippen LogP contribution in [0.5, 0.6) is 0 Å². The number of hydrogen-bond acceptors (Lipinski definition) is 4. The van der Waals surface area contributed by atoms with Gasteiger partial charge in [0.15, 0.2) is 0 Å². The van der Waals surface area contributed by atoms with Crippen LogP contribution in [-0.2, 0) is 17.9 Å². The molecule has 0 bridgehead atoms. The van der Waals surface area contributed by atoms with Crippen LogP contribution in [0.1, 0.15) is 45.0 Å². The van der Waals surface area contributed by atoms with Crippen molar-refractivity contribution in [2.24, 2.45) is 0 Å². The summed E-state index contributed by atoms with van der Waals surface area (Å²) in [5.74, 6) is -1.45. The maximum atomic E-state index is 13.7. The molecule has 1 aliphatic heterocycles. The number of aliphatic carboxylic acids is 1. The summed E-state index contributed by atoms with van der Waals surface area (Å²) in [5, 5.41) is 18.7. The minimum Gasteiger partial charge on any atom is -0.481 e. The average molecular weight is 549 g/mol. The summed E-state index contributed by atoms with van der Waals surface area (Å²) in [4.78, 5) is 39.4. The van der Waals surface area contributed by atoms with Gasteiger partial charge in [-0.05, 0) is 46.5 Å². The topological polar surface area (TPSA) is 111 Å². The third-order valence-corrected chi connectivity index (χ3v) is 7.14. The van der Waals surface area contributed by atoms with Gasteiger partial charge in [0.2, 0.25) is 0 Å². The predicted molar refractivity (Wildman–Crippen MR) is 159 cm³/mol. The Kier molecular flexibility index (Phi) is 8.71. The van der Waals surface area contributed by atoms with Crippen molar-refractivity contribution >= 4 is 29.3 Å². The van der Waals surface area contributed by atoms with Gasteiger partial charge in [-0.25, -0.2) is 4.79 Å². The van der Waals surface area contributed by atoms with E-state index in [0.29, 0.717) is 37.4 Å². The van der Waals surface area contributed by atoms with E-state index < -0.39 is 11.9 Å². The zero-order valence-electron chi connectivity index (χ0n) is 22.5. The molecule has 4 aromatic rings. The molecule has 0 spiro atoms. The van der Waals surface area contributed by atoms with Crippen molar-refractivity contribution in [3.05, 3.63) is 131 Å². The van der Waals surface area contributed by atoms with Crippen LogP contribution in [0, 0.1) is 0 Å². The Hall–Kier alpha value is -4.95. The van der Waals surface area contributed by atoms with Gasteiger partial charge >= 0.3 is 12.0 Å². The molecular weight excluding hydrogens is 516 g/mol. The number of fused-ring (bicyclic) bond motifs is 2. The number of amides is 3. The van der Waals surface area contributed by atoms with Gasteiger partial charge in [-0.3, -0.25) is 9.59 Å². The van der Waals surface area contributed by atoms with Crippen LogP contribution < -0.4 is 20.9 Å². The highest BCUT2D eigenvalue weighted by molar-refractivity contribution is 6.09. The highest BCUT2D eigenvalue weighted by Gasteiger charge is 2.33. The van der Waals surface area contributed by atoms with Gasteiger partial charge < -0.3 is 26.0 Å². The summed E-state index contributed by atoms with van der Waals surface area (Å²) in [6, 6.07) is 31.9. The molecule has 5 rings (SSSR count). The van der Waals surface area contributed by atoms with Gasteiger partial charge in [0.05, 0.1) is 6.42 Å². The van der Waals surface area contributed by atoms with E-state index in [4.69, 9.17) is 0 Å². The molecule has 41 heavy (non-hydrogen) atoms. The zero-order valence-corrected chi connectivity index (χ0v) is 22.5. The highest BCUT2D eigenvalue weighted by atomic mass is 16.4. The van der Waals surface area contributed by atoms with Gasteiger partial charge in [-0.15, -0.1) is 0 Å². The summed E-state index contributed by atoms with van der Waals surface area (Å²) in [6.45, 7) is 1.99. The molecule has 8 heteroatoms. The van der Waals surface area contributed by atoms with Crippen molar-refractivity contribution < 1.29 is 19.5 Å². The Balaban J connectivity index is 1.18. The van der Waals surface area contributed by atoms with Gasteiger partial charge in [0, 0.05) is 49.0 Å². The minimum absolute atomic E-state index is 0.0903. The van der Waals surface area contributed by atoms with E-state index in [0.717, 1.165) is 27.9 Å². The maximum absolute atomic E-state index is 13.7. The molecule has 0 saturated heterocycles. The van der Waals surface area contributed by atoms with E-state index in [1.54, 1.807) is 11.0 Å². The number of para-hydroxylation sites is 1. The molecule has 208 valence electrons. The Morgan fingerprint density at radius 3 is 2.17 bits per heavy atom. The van der Waals surface area contributed by atoms with Crippen molar-refractivity contribution in [2.75, 3.05) is 23.3 Å². The van der Waals surface area contributed by atoms with Crippen molar-refractivity contribution in [3.8, 4) is 0 Å². The number of hydrogen-bond donors (Lipinski definition) is 4. The number of urea groups is 1. The zero-order chi connectivity index (χ0) is 28.6. The average Bonchev–Trinajstić information content (AvgIpc) is 3.08. The van der Waals surface area contributed by atoms with E-state index in [9.17, 15) is 19.5 Å². The van der Waals surface area contributed by atoms with Crippen LogP contribution in [0.25, 0.3) is 0 Å². The van der Waals surface area contributed by atoms with Gasteiger partial charge in [-0.2, -0.15) is 0 Å². The number of nitrogens with zero attached hydrogens (tertiary/aromatic N) is 1. The van der Waals surface area contributed by atoms with E-state index in [1.807, 2.05) is 97.1 Å². The Morgan fingerprint density at radius 2 is 1.41 bits per heavy atom. The molecule has 1 unspecified atom stereocenters. The highest BCUT2D eigenvalue weighted by Crippen LogP contribution is 2.40. The first-order valence-corrected chi connectivity index (χ1v) is 13.6. The second kappa shape index (κ2) is 12.9. The molecule has 4 N–H and O–H groups in total. The standard InChI is InChI=1S/C33H32N4O4/c38-31(39)20-29-26-10-4-5-12-28(26)32(40)37(30-13-7-6-11-27(29)30)19-18-34-21-24-14-16-25(17-15-24)36-33(41)35-22-23-8-2-1-3-9-23/h1-17,29,34H,18-22H2,(H,38,39)(H2,35,36,41). The number of anilines is 2. The molecule has 3 amide bonds. The van der Waals surface area contributed by atoms with Crippen molar-refractivity contribution in [3.63, 3.8) is 0 Å². The smallest absolute Gasteiger partial charge is 0.319 e. The molecule has 4 aromatic carbocycles. The van der Waals surface area contributed by atoms with Gasteiger partial charge in [-0.1, -0.05) is 78.9 Å². The van der Waals surface area contributed by atoms with Crippen LogP contribution in [0.4, 0.5) is 16.2 Å². The van der Waals surface area contributed by atoms with E-state index in [-0.39, 0.29) is 18.4 Å². The monoisotopic (exact) mass is 548 g/mol. The molecule has 8 nitrogen and oxygen atoms in total. The fraction of sp³-hybridized carbons (Fsp3) is 0.182. The lowest BCUT2D eigenvalue weighted by molar-refractivity contribution is -0.137. The molecule has 0 aromatic heterocycles. The summed E-state index contributed by atoms with van der Waals surface area (Å²) < 4.78 is 0. The Bertz CT molecular complexity index is 1520. The first kappa shape index (κ1) is 27.6. The summed E-state index contributed by atoms with van der Waals surface area (Å²) in [7, 11) is 0. The minimum atomic E-state index is -0.906. The second-order valence-corrected chi connectivity index (χ2v) is 9.92. The molecule has 1 heterocycles. The van der Waals surface area contributed by atoms with Crippen LogP contribution in [0.3, 0.4) is 0 Å². The third kappa shape index (κ3) is 6.80. The molecule has 1 atom stereocenters. The molecular formula is C33H32N4O4. The van der Waals surface area contributed by atoms with E-state index >= 15 is 0 Å². The fourth-order valence-electron chi connectivity index (χ4n) is 5.15. The number of rotatable bonds is 10. The fourth-order valence-corrected chi connectivity index (χ4v) is 5.15. The molecule has 0 fully saturated rings. The molecule has 0 radical (unpaired) electrons. The second-order valence-electron chi connectivity index (χ2n) is 9.92.